The Hall–Kier alpha value is -0.460. The van der Waals surface area contributed by atoms with Crippen molar-refractivity contribution in [1.82, 2.24) is 4.98 Å². The van der Waals surface area contributed by atoms with Crippen LogP contribution in [0.5, 0.6) is 0 Å². The molecule has 0 aliphatic heterocycles. The molecule has 6 heteroatoms. The number of sulfone groups is 1. The van der Waals surface area contributed by atoms with Crippen LogP contribution in [0.2, 0.25) is 0 Å². The monoisotopic (exact) mass is 248 g/mol. The van der Waals surface area contributed by atoms with E-state index in [4.69, 9.17) is 5.73 Å². The van der Waals surface area contributed by atoms with Crippen LogP contribution in [0.25, 0.3) is 0 Å². The van der Waals surface area contributed by atoms with Crippen LogP contribution in [0.15, 0.2) is 0 Å². The molecule has 0 aliphatic rings. The summed E-state index contributed by atoms with van der Waals surface area (Å²) in [5.41, 5.74) is 6.49. The van der Waals surface area contributed by atoms with Crippen molar-refractivity contribution >= 4 is 21.2 Å². The van der Waals surface area contributed by atoms with Gasteiger partial charge < -0.3 is 5.73 Å². The first kappa shape index (κ1) is 12.6. The van der Waals surface area contributed by atoms with E-state index < -0.39 is 15.1 Å². The number of rotatable bonds is 4. The number of aryl methyl sites for hydroxylation is 1. The maximum absolute atomic E-state index is 11.4. The van der Waals surface area contributed by atoms with Crippen molar-refractivity contribution < 1.29 is 8.42 Å². The summed E-state index contributed by atoms with van der Waals surface area (Å²) in [4.78, 5) is 5.31. The van der Waals surface area contributed by atoms with E-state index >= 15 is 0 Å². The highest BCUT2D eigenvalue weighted by Crippen LogP contribution is 2.28. The second-order valence-electron chi connectivity index (χ2n) is 3.45. The largest absolute Gasteiger partial charge is 0.326 e. The van der Waals surface area contributed by atoms with Crippen molar-refractivity contribution in [1.29, 1.82) is 0 Å². The lowest BCUT2D eigenvalue weighted by Gasteiger charge is -2.03. The molecule has 0 aromatic carbocycles. The normalized spacial score (nSPS) is 14.1. The maximum Gasteiger partial charge on any atom is 0.156 e. The van der Waals surface area contributed by atoms with Crippen LogP contribution in [-0.2, 0) is 22.8 Å². The minimum absolute atomic E-state index is 0.428. The van der Waals surface area contributed by atoms with E-state index in [0.29, 0.717) is 11.6 Å². The lowest BCUT2D eigenvalue weighted by Crippen LogP contribution is -2.07. The Labute approximate surface area is 94.4 Å². The van der Waals surface area contributed by atoms with Gasteiger partial charge in [0.05, 0.1) is 5.69 Å². The number of hydrogen-bond acceptors (Lipinski definition) is 5. The maximum atomic E-state index is 11.4. The fraction of sp³-hybridized carbons (Fsp3) is 0.667. The molecule has 15 heavy (non-hydrogen) atoms. The van der Waals surface area contributed by atoms with Crippen molar-refractivity contribution in [2.75, 3.05) is 6.26 Å². The van der Waals surface area contributed by atoms with Crippen LogP contribution >= 0.6 is 11.3 Å². The standard InChI is InChI=1S/C9H16N2O2S2/c1-4-7-8(5-10)14-9(11-7)6(2)15(3,12)13/h6H,4-5,10H2,1-3H3. The molecule has 4 nitrogen and oxygen atoms in total. The first-order chi connectivity index (χ1) is 6.90. The molecule has 1 unspecified atom stereocenters. The van der Waals surface area contributed by atoms with E-state index in [2.05, 4.69) is 4.98 Å². The Balaban J connectivity index is 3.12. The highest BCUT2D eigenvalue weighted by Gasteiger charge is 2.22. The second kappa shape index (κ2) is 4.59. The first-order valence-corrected chi connectivity index (χ1v) is 7.54. The molecular formula is C9H16N2O2S2. The van der Waals surface area contributed by atoms with Gasteiger partial charge in [-0.05, 0) is 13.3 Å². The SMILES string of the molecule is CCc1nc(C(C)S(C)(=O)=O)sc1CN. The van der Waals surface area contributed by atoms with E-state index in [-0.39, 0.29) is 0 Å². The van der Waals surface area contributed by atoms with Crippen molar-refractivity contribution in [3.8, 4) is 0 Å². The minimum atomic E-state index is -3.07. The van der Waals surface area contributed by atoms with E-state index in [0.717, 1.165) is 17.0 Å². The molecule has 0 bridgehead atoms. The molecule has 86 valence electrons. The van der Waals surface area contributed by atoms with Crippen LogP contribution in [0.1, 0.15) is 34.7 Å². The fourth-order valence-corrected chi connectivity index (χ4v) is 3.25. The number of nitrogens with zero attached hydrogens (tertiary/aromatic N) is 1. The van der Waals surface area contributed by atoms with Gasteiger partial charge in [-0.3, -0.25) is 0 Å². The Morgan fingerprint density at radius 1 is 1.53 bits per heavy atom. The van der Waals surface area contributed by atoms with Crippen LogP contribution in [0, 0.1) is 0 Å². The third-order valence-electron chi connectivity index (χ3n) is 2.31. The third kappa shape index (κ3) is 2.76. The lowest BCUT2D eigenvalue weighted by molar-refractivity contribution is 0.592. The number of nitrogens with two attached hydrogens (primary N) is 1. The highest BCUT2D eigenvalue weighted by atomic mass is 32.2. The van der Waals surface area contributed by atoms with Crippen LogP contribution in [0.3, 0.4) is 0 Å². The Kier molecular flexibility index (Phi) is 3.86. The van der Waals surface area contributed by atoms with Gasteiger partial charge in [-0.15, -0.1) is 11.3 Å². The number of thiazole rings is 1. The lowest BCUT2D eigenvalue weighted by atomic mass is 10.3. The molecule has 0 radical (unpaired) electrons. The molecule has 0 fully saturated rings. The Morgan fingerprint density at radius 2 is 2.13 bits per heavy atom. The molecule has 0 amide bonds. The summed E-state index contributed by atoms with van der Waals surface area (Å²) in [5.74, 6) is 0. The van der Waals surface area contributed by atoms with Crippen molar-refractivity contribution in [3.63, 3.8) is 0 Å². The molecule has 0 saturated carbocycles. The Morgan fingerprint density at radius 3 is 2.47 bits per heavy atom. The van der Waals surface area contributed by atoms with Gasteiger partial charge in [-0.2, -0.15) is 0 Å². The van der Waals surface area contributed by atoms with Gasteiger partial charge >= 0.3 is 0 Å². The van der Waals surface area contributed by atoms with Crippen LogP contribution < -0.4 is 5.73 Å². The van der Waals surface area contributed by atoms with Crippen molar-refractivity contribution in [2.45, 2.75) is 32.1 Å². The molecule has 2 N–H and O–H groups in total. The zero-order valence-corrected chi connectivity index (χ0v) is 10.8. The van der Waals surface area contributed by atoms with Gasteiger partial charge in [0, 0.05) is 17.7 Å². The zero-order valence-electron chi connectivity index (χ0n) is 9.15. The average Bonchev–Trinajstić information content (AvgIpc) is 2.57. The summed E-state index contributed by atoms with van der Waals surface area (Å²) in [6.07, 6.45) is 2.02. The summed E-state index contributed by atoms with van der Waals surface area (Å²) in [6, 6.07) is 0. The highest BCUT2D eigenvalue weighted by molar-refractivity contribution is 7.91. The molecule has 1 aromatic heterocycles. The van der Waals surface area contributed by atoms with E-state index in [9.17, 15) is 8.42 Å². The summed E-state index contributed by atoms with van der Waals surface area (Å²) >= 11 is 1.40. The number of hydrogen-bond donors (Lipinski definition) is 1. The first-order valence-electron chi connectivity index (χ1n) is 4.77. The van der Waals surface area contributed by atoms with Crippen LogP contribution in [0.4, 0.5) is 0 Å². The van der Waals surface area contributed by atoms with E-state index in [1.807, 2.05) is 6.92 Å². The fourth-order valence-electron chi connectivity index (χ4n) is 1.20. The Bertz CT molecular complexity index is 415. The molecular weight excluding hydrogens is 232 g/mol. The zero-order chi connectivity index (χ0) is 11.6. The summed E-state index contributed by atoms with van der Waals surface area (Å²) in [6.45, 7) is 4.08. The average molecular weight is 248 g/mol. The molecule has 1 atom stereocenters. The smallest absolute Gasteiger partial charge is 0.156 e. The topological polar surface area (TPSA) is 73.0 Å². The molecule has 0 aliphatic carbocycles. The molecule has 1 rings (SSSR count). The minimum Gasteiger partial charge on any atom is -0.326 e. The molecule has 1 heterocycles. The molecule has 0 spiro atoms. The van der Waals surface area contributed by atoms with Crippen molar-refractivity contribution in [3.05, 3.63) is 15.6 Å². The second-order valence-corrected chi connectivity index (χ2v) is 6.93. The predicted octanol–water partition coefficient (Wildman–Crippen LogP) is 1.27. The van der Waals surface area contributed by atoms with Gasteiger partial charge in [0.2, 0.25) is 0 Å². The number of aromatic nitrogens is 1. The van der Waals surface area contributed by atoms with E-state index in [1.54, 1.807) is 6.92 Å². The summed E-state index contributed by atoms with van der Waals surface area (Å²) in [5, 5.41) is 0.114. The third-order valence-corrected chi connectivity index (χ3v) is 5.26. The molecule has 0 saturated heterocycles. The quantitative estimate of drug-likeness (QED) is 0.871. The van der Waals surface area contributed by atoms with Crippen LogP contribution in [-0.4, -0.2) is 19.7 Å². The van der Waals surface area contributed by atoms with Crippen molar-refractivity contribution in [2.24, 2.45) is 5.73 Å². The van der Waals surface area contributed by atoms with Gasteiger partial charge in [0.25, 0.3) is 0 Å². The summed E-state index contributed by atoms with van der Waals surface area (Å²) in [7, 11) is -3.07. The van der Waals surface area contributed by atoms with Gasteiger partial charge in [0.1, 0.15) is 10.3 Å². The molecule has 1 aromatic rings. The van der Waals surface area contributed by atoms with Gasteiger partial charge in [-0.25, -0.2) is 13.4 Å². The van der Waals surface area contributed by atoms with Gasteiger partial charge in [0.15, 0.2) is 9.84 Å². The van der Waals surface area contributed by atoms with E-state index in [1.165, 1.54) is 17.6 Å². The summed E-state index contributed by atoms with van der Waals surface area (Å²) < 4.78 is 22.7. The predicted molar refractivity (Wildman–Crippen MR) is 62.6 cm³/mol. The van der Waals surface area contributed by atoms with Gasteiger partial charge in [-0.1, -0.05) is 6.92 Å².